The number of benzene rings is 1. The molecule has 0 saturated heterocycles. The lowest BCUT2D eigenvalue weighted by atomic mass is 9.70. The summed E-state index contributed by atoms with van der Waals surface area (Å²) in [4.78, 5) is 25.1. The van der Waals surface area contributed by atoms with E-state index in [0.29, 0.717) is 24.0 Å². The lowest BCUT2D eigenvalue weighted by Gasteiger charge is -2.31. The molecule has 2 aliphatic carbocycles. The van der Waals surface area contributed by atoms with E-state index in [1.165, 1.54) is 0 Å². The van der Waals surface area contributed by atoms with Crippen molar-refractivity contribution >= 4 is 11.8 Å². The zero-order valence-electron chi connectivity index (χ0n) is 13.3. The van der Waals surface area contributed by atoms with Gasteiger partial charge in [0.2, 0.25) is 0 Å². The van der Waals surface area contributed by atoms with Gasteiger partial charge >= 0.3 is 5.97 Å². The number of aryl methyl sites for hydroxylation is 1. The van der Waals surface area contributed by atoms with Gasteiger partial charge in [0, 0.05) is 17.4 Å². The second kappa shape index (κ2) is 5.78. The van der Waals surface area contributed by atoms with E-state index in [-0.39, 0.29) is 18.4 Å². The first-order valence-corrected chi connectivity index (χ1v) is 8.19. The minimum Gasteiger partial charge on any atom is -0.469 e. The van der Waals surface area contributed by atoms with Gasteiger partial charge in [0.25, 0.3) is 0 Å². The Kier molecular flexibility index (Phi) is 3.60. The molecule has 2 aliphatic rings. The average molecular weight is 322 g/mol. The SMILES string of the molecule is O=C(OCc1ccccc1)C1=CC[C@]2(CCc3occc3C2=O)C1. The van der Waals surface area contributed by atoms with Crippen molar-refractivity contribution < 1.29 is 18.7 Å². The van der Waals surface area contributed by atoms with E-state index in [9.17, 15) is 9.59 Å². The van der Waals surface area contributed by atoms with Crippen LogP contribution in [0.1, 0.15) is 40.9 Å². The molecule has 4 rings (SSSR count). The molecular formula is C20H18O4. The maximum atomic E-state index is 12.8. The molecule has 0 amide bonds. The van der Waals surface area contributed by atoms with E-state index in [2.05, 4.69) is 0 Å². The molecule has 1 heterocycles. The fraction of sp³-hybridized carbons (Fsp3) is 0.300. The molecule has 1 aromatic heterocycles. The number of fused-ring (bicyclic) bond motifs is 1. The molecule has 4 nitrogen and oxygen atoms in total. The van der Waals surface area contributed by atoms with E-state index in [1.807, 2.05) is 36.4 Å². The highest BCUT2D eigenvalue weighted by molar-refractivity contribution is 6.04. The smallest absolute Gasteiger partial charge is 0.334 e. The molecule has 4 heteroatoms. The Hall–Kier alpha value is -2.62. The van der Waals surface area contributed by atoms with E-state index in [1.54, 1.807) is 12.3 Å². The molecule has 0 unspecified atom stereocenters. The molecule has 0 bridgehead atoms. The molecule has 24 heavy (non-hydrogen) atoms. The zero-order valence-corrected chi connectivity index (χ0v) is 13.3. The molecule has 0 saturated carbocycles. The number of rotatable bonds is 3. The monoisotopic (exact) mass is 322 g/mol. The van der Waals surface area contributed by atoms with E-state index in [4.69, 9.17) is 9.15 Å². The number of Topliss-reactive ketones (excluding diaryl/α,β-unsaturated/α-hetero) is 1. The van der Waals surface area contributed by atoms with Crippen molar-refractivity contribution in [2.75, 3.05) is 0 Å². The summed E-state index contributed by atoms with van der Waals surface area (Å²) in [5.74, 6) is 0.548. The van der Waals surface area contributed by atoms with Crippen LogP contribution < -0.4 is 0 Å². The predicted molar refractivity (Wildman–Crippen MR) is 87.3 cm³/mol. The van der Waals surface area contributed by atoms with Crippen LogP contribution >= 0.6 is 0 Å². The summed E-state index contributed by atoms with van der Waals surface area (Å²) >= 11 is 0. The summed E-state index contributed by atoms with van der Waals surface area (Å²) in [6.45, 7) is 0.254. The predicted octanol–water partition coefficient (Wildman–Crippen LogP) is 3.86. The van der Waals surface area contributed by atoms with Crippen LogP contribution in [0.5, 0.6) is 0 Å². The van der Waals surface area contributed by atoms with Gasteiger partial charge in [0.05, 0.1) is 11.8 Å². The molecule has 0 aliphatic heterocycles. The maximum Gasteiger partial charge on any atom is 0.334 e. The highest BCUT2D eigenvalue weighted by atomic mass is 16.5. The normalized spacial score (nSPS) is 22.3. The van der Waals surface area contributed by atoms with Gasteiger partial charge in [-0.3, -0.25) is 4.79 Å². The first-order chi connectivity index (χ1) is 11.7. The number of hydrogen-bond acceptors (Lipinski definition) is 4. The number of carbonyl (C=O) groups excluding carboxylic acids is 2. The van der Waals surface area contributed by atoms with Crippen molar-refractivity contribution in [3.05, 3.63) is 71.2 Å². The molecule has 0 fully saturated rings. The molecule has 1 atom stereocenters. The van der Waals surface area contributed by atoms with Gasteiger partial charge in [-0.2, -0.15) is 0 Å². The molecule has 2 aromatic rings. The summed E-state index contributed by atoms with van der Waals surface area (Å²) in [6.07, 6.45) is 5.97. The lowest BCUT2D eigenvalue weighted by molar-refractivity contribution is -0.140. The van der Waals surface area contributed by atoms with Crippen molar-refractivity contribution in [1.82, 2.24) is 0 Å². The second-order valence-electron chi connectivity index (χ2n) is 6.54. The first-order valence-electron chi connectivity index (χ1n) is 8.19. The number of allylic oxidation sites excluding steroid dienone is 1. The minimum absolute atomic E-state index is 0.0969. The first kappa shape index (κ1) is 14.9. The van der Waals surface area contributed by atoms with Crippen LogP contribution in [0.15, 0.2) is 58.7 Å². The molecule has 1 spiro atoms. The number of ether oxygens (including phenoxy) is 1. The Labute approximate surface area is 140 Å². The summed E-state index contributed by atoms with van der Waals surface area (Å²) in [7, 11) is 0. The summed E-state index contributed by atoms with van der Waals surface area (Å²) in [5, 5.41) is 0. The number of esters is 1. The van der Waals surface area contributed by atoms with Crippen molar-refractivity contribution in [2.45, 2.75) is 32.3 Å². The summed E-state index contributed by atoms with van der Waals surface area (Å²) in [5.41, 5.74) is 1.76. The third-order valence-corrected chi connectivity index (χ3v) is 5.05. The molecule has 1 aromatic carbocycles. The molecular weight excluding hydrogens is 304 g/mol. The van der Waals surface area contributed by atoms with Crippen molar-refractivity contribution in [3.8, 4) is 0 Å². The Morgan fingerprint density at radius 1 is 1.21 bits per heavy atom. The molecule has 0 radical (unpaired) electrons. The summed E-state index contributed by atoms with van der Waals surface area (Å²) < 4.78 is 10.8. The van der Waals surface area contributed by atoms with E-state index >= 15 is 0 Å². The average Bonchev–Trinajstić information content (AvgIpc) is 3.25. The van der Waals surface area contributed by atoms with Crippen LogP contribution in [0, 0.1) is 5.41 Å². The third-order valence-electron chi connectivity index (χ3n) is 5.05. The number of furan rings is 1. The van der Waals surface area contributed by atoms with Gasteiger partial charge in [-0.1, -0.05) is 36.4 Å². The number of carbonyl (C=O) groups is 2. The number of ketones is 1. The highest BCUT2D eigenvalue weighted by Gasteiger charge is 2.47. The van der Waals surface area contributed by atoms with E-state index in [0.717, 1.165) is 24.2 Å². The Bertz CT molecular complexity index is 815. The Morgan fingerprint density at radius 2 is 2.04 bits per heavy atom. The van der Waals surface area contributed by atoms with Crippen molar-refractivity contribution in [3.63, 3.8) is 0 Å². The van der Waals surface area contributed by atoms with Gasteiger partial charge in [0.15, 0.2) is 5.78 Å². The van der Waals surface area contributed by atoms with Gasteiger partial charge in [-0.05, 0) is 30.9 Å². The fourth-order valence-corrected chi connectivity index (χ4v) is 3.65. The van der Waals surface area contributed by atoms with Crippen LogP contribution in [-0.4, -0.2) is 11.8 Å². The zero-order chi connectivity index (χ0) is 16.6. The minimum atomic E-state index is -0.488. The van der Waals surface area contributed by atoms with Gasteiger partial charge in [-0.15, -0.1) is 0 Å². The van der Waals surface area contributed by atoms with Gasteiger partial charge in [-0.25, -0.2) is 4.79 Å². The second-order valence-corrected chi connectivity index (χ2v) is 6.54. The summed E-state index contributed by atoms with van der Waals surface area (Å²) in [6, 6.07) is 11.3. The largest absolute Gasteiger partial charge is 0.469 e. The lowest BCUT2D eigenvalue weighted by Crippen LogP contribution is -2.34. The van der Waals surface area contributed by atoms with Gasteiger partial charge < -0.3 is 9.15 Å². The van der Waals surface area contributed by atoms with Crippen LogP contribution in [-0.2, 0) is 22.6 Å². The van der Waals surface area contributed by atoms with Crippen LogP contribution in [0.2, 0.25) is 0 Å². The topological polar surface area (TPSA) is 56.5 Å². The molecule has 122 valence electrons. The fourth-order valence-electron chi connectivity index (χ4n) is 3.65. The third kappa shape index (κ3) is 2.48. The van der Waals surface area contributed by atoms with Crippen molar-refractivity contribution in [1.29, 1.82) is 0 Å². The standard InChI is InChI=1S/C20H18O4/c21-18-16-8-11-23-17(16)7-10-20(18)9-6-15(12-20)19(22)24-13-14-4-2-1-3-5-14/h1-6,8,11H,7,9-10,12-13H2/t20-/m0/s1. The van der Waals surface area contributed by atoms with Crippen molar-refractivity contribution in [2.24, 2.45) is 5.41 Å². The van der Waals surface area contributed by atoms with Crippen LogP contribution in [0.4, 0.5) is 0 Å². The Morgan fingerprint density at radius 3 is 2.88 bits per heavy atom. The van der Waals surface area contributed by atoms with E-state index < -0.39 is 5.41 Å². The molecule has 0 N–H and O–H groups in total. The maximum absolute atomic E-state index is 12.8. The number of hydrogen-bond donors (Lipinski definition) is 0. The highest BCUT2D eigenvalue weighted by Crippen LogP contribution is 2.47. The quantitative estimate of drug-likeness (QED) is 0.805. The Balaban J connectivity index is 1.43. The van der Waals surface area contributed by atoms with Gasteiger partial charge in [0.1, 0.15) is 12.4 Å². The van der Waals surface area contributed by atoms with Crippen LogP contribution in [0.25, 0.3) is 0 Å². The van der Waals surface area contributed by atoms with Crippen LogP contribution in [0.3, 0.4) is 0 Å².